The van der Waals surface area contributed by atoms with Crippen molar-refractivity contribution in [2.75, 3.05) is 18.1 Å². The van der Waals surface area contributed by atoms with Gasteiger partial charge in [-0.1, -0.05) is 6.07 Å². The maximum atomic E-state index is 13.6. The van der Waals surface area contributed by atoms with E-state index in [0.717, 1.165) is 12.5 Å². The Hall–Kier alpha value is -2.22. The standard InChI is InChI=1S/C13H14FN3O3S/c1-3-15-13-16-8-11(14)12(17-13)20-9-5-4-6-10(7-9)21(2,18)19/h4-8H,3H2,1-2H3,(H,15,16,17). The van der Waals surface area contributed by atoms with E-state index in [0.29, 0.717) is 6.54 Å². The Bertz CT molecular complexity index is 750. The van der Waals surface area contributed by atoms with E-state index in [2.05, 4.69) is 15.3 Å². The molecule has 0 aliphatic rings. The van der Waals surface area contributed by atoms with Crippen LogP contribution in [0.1, 0.15) is 6.92 Å². The third-order valence-corrected chi connectivity index (χ3v) is 3.61. The van der Waals surface area contributed by atoms with Crippen molar-refractivity contribution in [1.29, 1.82) is 0 Å². The highest BCUT2D eigenvalue weighted by atomic mass is 32.2. The number of ether oxygens (including phenoxy) is 1. The predicted octanol–water partition coefficient (Wildman–Crippen LogP) is 2.24. The maximum absolute atomic E-state index is 13.6. The molecule has 1 heterocycles. The lowest BCUT2D eigenvalue weighted by Gasteiger charge is -2.08. The highest BCUT2D eigenvalue weighted by Gasteiger charge is 2.12. The van der Waals surface area contributed by atoms with Crippen LogP contribution in [0.5, 0.6) is 11.6 Å². The van der Waals surface area contributed by atoms with Crippen molar-refractivity contribution in [3.05, 3.63) is 36.3 Å². The van der Waals surface area contributed by atoms with E-state index in [1.54, 1.807) is 0 Å². The number of anilines is 1. The summed E-state index contributed by atoms with van der Waals surface area (Å²) in [4.78, 5) is 7.72. The number of hydrogen-bond acceptors (Lipinski definition) is 6. The molecule has 0 spiro atoms. The second kappa shape index (κ2) is 6.04. The molecule has 1 aromatic carbocycles. The summed E-state index contributed by atoms with van der Waals surface area (Å²) in [7, 11) is -3.36. The van der Waals surface area contributed by atoms with Gasteiger partial charge in [-0.25, -0.2) is 13.4 Å². The first-order valence-electron chi connectivity index (χ1n) is 6.14. The molecule has 2 aromatic rings. The van der Waals surface area contributed by atoms with Crippen LogP contribution in [0.3, 0.4) is 0 Å². The molecule has 0 aliphatic carbocycles. The first kappa shape index (κ1) is 15.2. The Morgan fingerprint density at radius 2 is 2.14 bits per heavy atom. The summed E-state index contributed by atoms with van der Waals surface area (Å²) in [6.07, 6.45) is 2.07. The Balaban J connectivity index is 2.32. The van der Waals surface area contributed by atoms with Crippen LogP contribution in [0, 0.1) is 5.82 Å². The third kappa shape index (κ3) is 3.88. The SMILES string of the molecule is CCNc1ncc(F)c(Oc2cccc(S(C)(=O)=O)c2)n1. The van der Waals surface area contributed by atoms with Crippen molar-refractivity contribution in [3.8, 4) is 11.6 Å². The van der Waals surface area contributed by atoms with Gasteiger partial charge in [0.25, 0.3) is 5.88 Å². The summed E-state index contributed by atoms with van der Waals surface area (Å²) < 4.78 is 41.9. The van der Waals surface area contributed by atoms with E-state index in [1.807, 2.05) is 6.92 Å². The minimum absolute atomic E-state index is 0.0846. The second-order valence-corrected chi connectivity index (χ2v) is 6.24. The zero-order valence-electron chi connectivity index (χ0n) is 11.5. The third-order valence-electron chi connectivity index (χ3n) is 2.50. The Morgan fingerprint density at radius 3 is 2.81 bits per heavy atom. The van der Waals surface area contributed by atoms with Crippen LogP contribution in [-0.2, 0) is 9.84 Å². The van der Waals surface area contributed by atoms with Gasteiger partial charge < -0.3 is 10.1 Å². The van der Waals surface area contributed by atoms with E-state index in [1.165, 1.54) is 24.3 Å². The average molecular weight is 311 g/mol. The molecule has 0 amide bonds. The molecule has 0 bridgehead atoms. The van der Waals surface area contributed by atoms with E-state index in [-0.39, 0.29) is 22.5 Å². The zero-order valence-corrected chi connectivity index (χ0v) is 12.3. The van der Waals surface area contributed by atoms with Crippen molar-refractivity contribution < 1.29 is 17.5 Å². The minimum atomic E-state index is -3.36. The van der Waals surface area contributed by atoms with Gasteiger partial charge in [0, 0.05) is 12.8 Å². The predicted molar refractivity (Wildman–Crippen MR) is 75.8 cm³/mol. The number of sulfone groups is 1. The van der Waals surface area contributed by atoms with Gasteiger partial charge in [0.1, 0.15) is 5.75 Å². The number of rotatable bonds is 5. The van der Waals surface area contributed by atoms with E-state index in [4.69, 9.17) is 4.74 Å². The molecule has 0 atom stereocenters. The van der Waals surface area contributed by atoms with E-state index < -0.39 is 15.7 Å². The Labute approximate surface area is 121 Å². The second-order valence-electron chi connectivity index (χ2n) is 4.23. The van der Waals surface area contributed by atoms with Crippen molar-refractivity contribution in [2.45, 2.75) is 11.8 Å². The topological polar surface area (TPSA) is 81.2 Å². The molecule has 6 nitrogen and oxygen atoms in total. The van der Waals surface area contributed by atoms with Gasteiger partial charge in [0.05, 0.1) is 11.1 Å². The molecule has 1 aromatic heterocycles. The van der Waals surface area contributed by atoms with Crippen LogP contribution >= 0.6 is 0 Å². The number of benzene rings is 1. The first-order chi connectivity index (χ1) is 9.90. The average Bonchev–Trinajstić information content (AvgIpc) is 2.42. The summed E-state index contributed by atoms with van der Waals surface area (Å²) in [6, 6.07) is 5.77. The minimum Gasteiger partial charge on any atom is -0.436 e. The number of aromatic nitrogens is 2. The molecule has 1 N–H and O–H groups in total. The molecule has 0 saturated carbocycles. The Kier molecular flexibility index (Phi) is 4.37. The number of nitrogens with one attached hydrogen (secondary N) is 1. The fourth-order valence-corrected chi connectivity index (χ4v) is 2.20. The van der Waals surface area contributed by atoms with Gasteiger partial charge >= 0.3 is 0 Å². The summed E-state index contributed by atoms with van der Waals surface area (Å²) in [5, 5.41) is 2.83. The first-order valence-corrected chi connectivity index (χ1v) is 8.03. The van der Waals surface area contributed by atoms with Crippen LogP contribution in [-0.4, -0.2) is 31.2 Å². The normalized spacial score (nSPS) is 11.2. The fraction of sp³-hybridized carbons (Fsp3) is 0.231. The van der Waals surface area contributed by atoms with Gasteiger partial charge in [-0.3, -0.25) is 0 Å². The molecule has 0 saturated heterocycles. The van der Waals surface area contributed by atoms with Gasteiger partial charge in [-0.05, 0) is 25.1 Å². The molecule has 8 heteroatoms. The lowest BCUT2D eigenvalue weighted by molar-refractivity contribution is 0.419. The van der Waals surface area contributed by atoms with Gasteiger partial charge in [-0.2, -0.15) is 9.37 Å². The lowest BCUT2D eigenvalue weighted by atomic mass is 10.3. The maximum Gasteiger partial charge on any atom is 0.260 e. The molecule has 0 unspecified atom stereocenters. The molecular weight excluding hydrogens is 297 g/mol. The molecule has 21 heavy (non-hydrogen) atoms. The molecular formula is C13H14FN3O3S. The quantitative estimate of drug-likeness (QED) is 0.912. The summed E-state index contributed by atoms with van der Waals surface area (Å²) in [5.74, 6) is -0.598. The lowest BCUT2D eigenvalue weighted by Crippen LogP contribution is -2.04. The monoisotopic (exact) mass is 311 g/mol. The smallest absolute Gasteiger partial charge is 0.260 e. The molecule has 112 valence electrons. The van der Waals surface area contributed by atoms with Crippen LogP contribution in [0.4, 0.5) is 10.3 Å². The summed E-state index contributed by atoms with van der Waals surface area (Å²) in [6.45, 7) is 2.43. The Morgan fingerprint density at radius 1 is 1.38 bits per heavy atom. The van der Waals surface area contributed by atoms with Crippen molar-refractivity contribution in [1.82, 2.24) is 9.97 Å². The molecule has 0 radical (unpaired) electrons. The highest BCUT2D eigenvalue weighted by Crippen LogP contribution is 2.25. The van der Waals surface area contributed by atoms with E-state index >= 15 is 0 Å². The molecule has 2 rings (SSSR count). The van der Waals surface area contributed by atoms with Crippen molar-refractivity contribution in [3.63, 3.8) is 0 Å². The summed E-state index contributed by atoms with van der Waals surface area (Å²) in [5.41, 5.74) is 0. The van der Waals surface area contributed by atoms with Crippen molar-refractivity contribution >= 4 is 15.8 Å². The van der Waals surface area contributed by atoms with Crippen LogP contribution in [0.15, 0.2) is 35.4 Å². The highest BCUT2D eigenvalue weighted by molar-refractivity contribution is 7.90. The molecule has 0 fully saturated rings. The van der Waals surface area contributed by atoms with Gasteiger partial charge in [0.2, 0.25) is 11.8 Å². The van der Waals surface area contributed by atoms with Crippen LogP contribution in [0.2, 0.25) is 0 Å². The largest absolute Gasteiger partial charge is 0.436 e. The van der Waals surface area contributed by atoms with Gasteiger partial charge in [0.15, 0.2) is 9.84 Å². The van der Waals surface area contributed by atoms with Crippen LogP contribution < -0.4 is 10.1 Å². The number of nitrogens with zero attached hydrogens (tertiary/aromatic N) is 2. The number of hydrogen-bond donors (Lipinski definition) is 1. The van der Waals surface area contributed by atoms with Crippen LogP contribution in [0.25, 0.3) is 0 Å². The van der Waals surface area contributed by atoms with Gasteiger partial charge in [-0.15, -0.1) is 0 Å². The summed E-state index contributed by atoms with van der Waals surface area (Å²) >= 11 is 0. The zero-order chi connectivity index (χ0) is 15.5. The van der Waals surface area contributed by atoms with E-state index in [9.17, 15) is 12.8 Å². The number of halogens is 1. The van der Waals surface area contributed by atoms with Crippen molar-refractivity contribution in [2.24, 2.45) is 0 Å². The molecule has 0 aliphatic heterocycles. The fourth-order valence-electron chi connectivity index (χ4n) is 1.55.